The topological polar surface area (TPSA) is 128 Å². The second-order valence-electron chi connectivity index (χ2n) is 2.79. The van der Waals surface area contributed by atoms with Crippen LogP contribution in [0.25, 0.3) is 0 Å². The molecule has 1 aromatic heterocycles. The smallest absolute Gasteiger partial charge is 0.323 e. The van der Waals surface area contributed by atoms with Crippen molar-refractivity contribution in [1.29, 1.82) is 0 Å². The van der Waals surface area contributed by atoms with E-state index in [1.165, 1.54) is 12.3 Å². The van der Waals surface area contributed by atoms with Crippen LogP contribution in [0, 0.1) is 0 Å². The van der Waals surface area contributed by atoms with Crippen LogP contribution in [-0.4, -0.2) is 29.3 Å². The molecule has 0 radical (unpaired) electrons. The first-order valence-electron chi connectivity index (χ1n) is 3.89. The molecule has 7 nitrogen and oxygen atoms in total. The lowest BCUT2D eigenvalue weighted by atomic mass is 10.5. The van der Waals surface area contributed by atoms with Crippen LogP contribution in [-0.2, 0) is 9.13 Å². The normalized spacial score (nSPS) is 13.1. The third-order valence-electron chi connectivity index (χ3n) is 1.44. The summed E-state index contributed by atoms with van der Waals surface area (Å²) in [6.45, 7) is 0. The van der Waals surface area contributed by atoms with Crippen molar-refractivity contribution in [1.82, 2.24) is 4.98 Å². The molecule has 1 aromatic rings. The van der Waals surface area contributed by atoms with E-state index >= 15 is 0 Å². The van der Waals surface area contributed by atoms with Crippen LogP contribution in [0.1, 0.15) is 0 Å². The molecule has 0 saturated heterocycles. The molecule has 16 heavy (non-hydrogen) atoms. The average Bonchev–Trinajstić information content (AvgIpc) is 2.12. The minimum absolute atomic E-state index is 0.138. The van der Waals surface area contributed by atoms with Gasteiger partial charge in [-0.05, 0) is 12.1 Å². The Morgan fingerprint density at radius 1 is 1.12 bits per heavy atom. The van der Waals surface area contributed by atoms with Crippen LogP contribution in [0.15, 0.2) is 29.4 Å². The Morgan fingerprint density at radius 2 is 1.69 bits per heavy atom. The van der Waals surface area contributed by atoms with Crippen molar-refractivity contribution in [2.75, 3.05) is 0 Å². The Labute approximate surface area is 95.2 Å². The van der Waals surface area contributed by atoms with E-state index in [-0.39, 0.29) is 5.03 Å². The summed E-state index contributed by atoms with van der Waals surface area (Å²) >= 11 is 0.365. The first-order valence-corrected chi connectivity index (χ1v) is 8.13. The highest BCUT2D eigenvalue weighted by molar-refractivity contribution is 8.12. The SMILES string of the molecule is O=P(O)(O)C(Sc1ccccn1)P(=O)(O)O. The molecule has 0 fully saturated rings. The highest BCUT2D eigenvalue weighted by Crippen LogP contribution is 2.65. The van der Waals surface area contributed by atoms with Crippen molar-refractivity contribution >= 4 is 27.0 Å². The monoisotopic (exact) mass is 285 g/mol. The Bertz CT molecular complexity index is 420. The van der Waals surface area contributed by atoms with E-state index in [0.29, 0.717) is 11.8 Å². The fourth-order valence-electron chi connectivity index (χ4n) is 0.858. The molecule has 0 spiro atoms. The summed E-state index contributed by atoms with van der Waals surface area (Å²) in [6, 6.07) is 4.53. The van der Waals surface area contributed by atoms with E-state index in [1.807, 2.05) is 0 Å². The van der Waals surface area contributed by atoms with Gasteiger partial charge in [0.05, 0.1) is 5.03 Å². The molecule has 1 heterocycles. The van der Waals surface area contributed by atoms with Crippen molar-refractivity contribution in [2.24, 2.45) is 0 Å². The number of thioether (sulfide) groups is 1. The molecule has 0 unspecified atom stereocenters. The van der Waals surface area contributed by atoms with Crippen LogP contribution in [0.2, 0.25) is 0 Å². The highest BCUT2D eigenvalue weighted by atomic mass is 32.2. The molecule has 90 valence electrons. The molecular formula is C6H9NO6P2S. The lowest BCUT2D eigenvalue weighted by molar-refractivity contribution is 0.352. The van der Waals surface area contributed by atoms with Crippen LogP contribution in [0.4, 0.5) is 0 Å². The first kappa shape index (κ1) is 13.9. The van der Waals surface area contributed by atoms with E-state index in [2.05, 4.69) is 4.98 Å². The van der Waals surface area contributed by atoms with Crippen LogP contribution >= 0.6 is 27.0 Å². The fourth-order valence-corrected chi connectivity index (χ4v) is 4.67. The average molecular weight is 285 g/mol. The van der Waals surface area contributed by atoms with Gasteiger partial charge in [0.15, 0.2) is 0 Å². The molecule has 4 N–H and O–H groups in total. The number of aromatic nitrogens is 1. The number of rotatable bonds is 4. The molecule has 0 bridgehead atoms. The minimum Gasteiger partial charge on any atom is -0.323 e. The zero-order chi connectivity index (χ0) is 12.4. The number of pyridine rings is 1. The summed E-state index contributed by atoms with van der Waals surface area (Å²) in [4.78, 5) is 39.1. The standard InChI is InChI=1S/C6H9NO6P2S/c8-14(9,10)6(15(11,12)13)16-5-3-1-2-4-7-5/h1-4,6H,(H2,8,9,10)(H2,11,12,13). The van der Waals surface area contributed by atoms with Crippen molar-refractivity contribution in [3.63, 3.8) is 0 Å². The van der Waals surface area contributed by atoms with Gasteiger partial charge in [0.2, 0.25) is 4.73 Å². The van der Waals surface area contributed by atoms with Gasteiger partial charge >= 0.3 is 15.2 Å². The first-order chi connectivity index (χ1) is 7.21. The summed E-state index contributed by atoms with van der Waals surface area (Å²) in [5.41, 5.74) is 0. The van der Waals surface area contributed by atoms with Gasteiger partial charge in [0.1, 0.15) is 0 Å². The maximum atomic E-state index is 10.9. The van der Waals surface area contributed by atoms with Gasteiger partial charge in [-0.3, -0.25) is 9.13 Å². The zero-order valence-corrected chi connectivity index (χ0v) is 10.3. The van der Waals surface area contributed by atoms with E-state index in [0.717, 1.165) is 0 Å². The van der Waals surface area contributed by atoms with E-state index < -0.39 is 19.9 Å². The molecular weight excluding hydrogens is 276 g/mol. The highest BCUT2D eigenvalue weighted by Gasteiger charge is 2.44. The molecule has 0 aliphatic heterocycles. The molecule has 0 aromatic carbocycles. The summed E-state index contributed by atoms with van der Waals surface area (Å²) in [6.07, 6.45) is 1.36. The fraction of sp³-hybridized carbons (Fsp3) is 0.167. The molecule has 0 aliphatic rings. The lowest BCUT2D eigenvalue weighted by Gasteiger charge is -2.18. The Balaban J connectivity index is 2.99. The number of hydrogen-bond acceptors (Lipinski definition) is 4. The number of hydrogen-bond donors (Lipinski definition) is 4. The third-order valence-corrected chi connectivity index (χ3v) is 7.37. The molecule has 0 amide bonds. The maximum Gasteiger partial charge on any atom is 0.351 e. The molecule has 0 atom stereocenters. The quantitative estimate of drug-likeness (QED) is 0.472. The molecule has 0 aliphatic carbocycles. The predicted octanol–water partition coefficient (Wildman–Crippen LogP) is 0.813. The number of nitrogens with zero attached hydrogens (tertiary/aromatic N) is 1. The summed E-state index contributed by atoms with van der Waals surface area (Å²) in [5, 5.41) is 0.138. The largest absolute Gasteiger partial charge is 0.351 e. The summed E-state index contributed by atoms with van der Waals surface area (Å²) < 4.78 is 19.8. The van der Waals surface area contributed by atoms with Gasteiger partial charge in [-0.25, -0.2) is 4.98 Å². The van der Waals surface area contributed by atoms with Crippen LogP contribution < -0.4 is 0 Å². The third kappa shape index (κ3) is 3.99. The van der Waals surface area contributed by atoms with Gasteiger partial charge in [0.25, 0.3) is 0 Å². The predicted molar refractivity (Wildman–Crippen MR) is 58.0 cm³/mol. The Hall–Kier alpha value is -0.200. The van der Waals surface area contributed by atoms with Gasteiger partial charge in [-0.1, -0.05) is 17.8 Å². The summed E-state index contributed by atoms with van der Waals surface area (Å²) in [7, 11) is -9.81. The van der Waals surface area contributed by atoms with Gasteiger partial charge < -0.3 is 19.6 Å². The maximum absolute atomic E-state index is 10.9. The van der Waals surface area contributed by atoms with Gasteiger partial charge in [-0.15, -0.1) is 0 Å². The van der Waals surface area contributed by atoms with Crippen molar-refractivity contribution in [2.45, 2.75) is 9.76 Å². The van der Waals surface area contributed by atoms with Crippen LogP contribution in [0.3, 0.4) is 0 Å². The van der Waals surface area contributed by atoms with Crippen LogP contribution in [0.5, 0.6) is 0 Å². The molecule has 10 heteroatoms. The minimum atomic E-state index is -4.90. The Morgan fingerprint density at radius 3 is 2.06 bits per heavy atom. The Kier molecular flexibility index (Phi) is 4.31. The van der Waals surface area contributed by atoms with Gasteiger partial charge in [0, 0.05) is 6.20 Å². The van der Waals surface area contributed by atoms with Crippen molar-refractivity contribution in [3.8, 4) is 0 Å². The molecule has 1 rings (SSSR count). The lowest BCUT2D eigenvalue weighted by Crippen LogP contribution is -2.04. The second-order valence-corrected chi connectivity index (χ2v) is 8.41. The van der Waals surface area contributed by atoms with Crippen molar-refractivity contribution < 1.29 is 28.7 Å². The molecule has 0 saturated carbocycles. The summed E-state index contributed by atoms with van der Waals surface area (Å²) in [5.74, 6) is 0. The second kappa shape index (κ2) is 4.98. The van der Waals surface area contributed by atoms with Gasteiger partial charge in [-0.2, -0.15) is 0 Å². The van der Waals surface area contributed by atoms with E-state index in [9.17, 15) is 9.13 Å². The zero-order valence-electron chi connectivity index (χ0n) is 7.74. The van der Waals surface area contributed by atoms with Crippen molar-refractivity contribution in [3.05, 3.63) is 24.4 Å². The van der Waals surface area contributed by atoms with E-state index in [4.69, 9.17) is 19.6 Å². The van der Waals surface area contributed by atoms with E-state index in [1.54, 1.807) is 12.1 Å².